The van der Waals surface area contributed by atoms with Crippen LogP contribution >= 0.6 is 12.6 Å². The Morgan fingerprint density at radius 2 is 2.19 bits per heavy atom. The first kappa shape index (κ1) is 11.0. The van der Waals surface area contributed by atoms with Crippen molar-refractivity contribution in [3.05, 3.63) is 36.2 Å². The molecule has 2 rings (SSSR count). The summed E-state index contributed by atoms with van der Waals surface area (Å²) in [6.45, 7) is 0. The minimum absolute atomic E-state index is 0.523. The van der Waals surface area contributed by atoms with Crippen molar-refractivity contribution in [2.75, 3.05) is 11.5 Å². The van der Waals surface area contributed by atoms with Crippen molar-refractivity contribution in [1.29, 1.82) is 0 Å². The zero-order chi connectivity index (χ0) is 11.4. The van der Waals surface area contributed by atoms with E-state index in [-0.39, 0.29) is 0 Å². The number of allylic oxidation sites excluding steroid dienone is 1. The Bertz CT molecular complexity index is 523. The summed E-state index contributed by atoms with van der Waals surface area (Å²) >= 11 is 4.15. The molecule has 2 N–H and O–H groups in total. The molecule has 2 aromatic rings. The Morgan fingerprint density at radius 3 is 3.00 bits per heavy atom. The van der Waals surface area contributed by atoms with Gasteiger partial charge in [-0.05, 0) is 29.9 Å². The Labute approximate surface area is 99.8 Å². The van der Waals surface area contributed by atoms with Crippen LogP contribution in [0, 0.1) is 0 Å². The van der Waals surface area contributed by atoms with Crippen molar-refractivity contribution in [2.24, 2.45) is 0 Å². The molecule has 0 amide bonds. The number of nitrogen functional groups attached to an aromatic ring is 1. The van der Waals surface area contributed by atoms with E-state index in [4.69, 9.17) is 5.73 Å². The predicted molar refractivity (Wildman–Crippen MR) is 71.5 cm³/mol. The van der Waals surface area contributed by atoms with Crippen molar-refractivity contribution >= 4 is 35.4 Å². The van der Waals surface area contributed by atoms with Gasteiger partial charge < -0.3 is 5.73 Å². The summed E-state index contributed by atoms with van der Waals surface area (Å²) in [7, 11) is 0. The first-order valence-corrected chi connectivity index (χ1v) is 5.72. The van der Waals surface area contributed by atoms with Crippen LogP contribution in [-0.2, 0) is 0 Å². The molecule has 3 nitrogen and oxygen atoms in total. The monoisotopic (exact) mass is 231 g/mol. The summed E-state index contributed by atoms with van der Waals surface area (Å²) in [6.07, 6.45) is 6.59. The molecule has 1 heterocycles. The molecule has 1 aromatic heterocycles. The average Bonchev–Trinajstić information content (AvgIpc) is 2.30. The molecule has 0 aliphatic carbocycles. The number of aromatic nitrogens is 2. The highest BCUT2D eigenvalue weighted by Crippen LogP contribution is 2.18. The standard InChI is InChI=1S/C12H13N3S/c13-12-10-7-9(3-1-2-6-16)4-5-11(10)14-8-15-12/h1,3-5,7-8,16H,2,6H2,(H2,13,14,15). The number of thiol groups is 1. The summed E-state index contributed by atoms with van der Waals surface area (Å²) in [5.74, 6) is 1.38. The molecule has 0 aliphatic heterocycles. The molecule has 0 fully saturated rings. The Hall–Kier alpha value is -1.55. The van der Waals surface area contributed by atoms with E-state index in [2.05, 4.69) is 34.7 Å². The highest BCUT2D eigenvalue weighted by Gasteiger charge is 1.99. The van der Waals surface area contributed by atoms with Crippen LogP contribution in [0.3, 0.4) is 0 Å². The van der Waals surface area contributed by atoms with Gasteiger partial charge in [-0.2, -0.15) is 12.6 Å². The number of hydrogen-bond acceptors (Lipinski definition) is 4. The fraction of sp³-hybridized carbons (Fsp3) is 0.167. The molecule has 0 saturated heterocycles. The normalized spacial score (nSPS) is 11.3. The molecular formula is C12H13N3S. The van der Waals surface area contributed by atoms with Crippen LogP contribution in [0.15, 0.2) is 30.6 Å². The molecule has 16 heavy (non-hydrogen) atoms. The lowest BCUT2D eigenvalue weighted by molar-refractivity contribution is 1.23. The van der Waals surface area contributed by atoms with Crippen LogP contribution in [0.1, 0.15) is 12.0 Å². The zero-order valence-corrected chi connectivity index (χ0v) is 9.69. The minimum Gasteiger partial charge on any atom is -0.383 e. The highest BCUT2D eigenvalue weighted by molar-refractivity contribution is 7.80. The van der Waals surface area contributed by atoms with E-state index in [9.17, 15) is 0 Å². The van der Waals surface area contributed by atoms with Crippen molar-refractivity contribution < 1.29 is 0 Å². The Morgan fingerprint density at radius 1 is 1.31 bits per heavy atom. The molecule has 0 saturated carbocycles. The zero-order valence-electron chi connectivity index (χ0n) is 8.80. The Balaban J connectivity index is 2.39. The SMILES string of the molecule is Nc1ncnc2ccc(C=CCCS)cc12. The van der Waals surface area contributed by atoms with Gasteiger partial charge in [0.1, 0.15) is 12.1 Å². The maximum absolute atomic E-state index is 5.79. The van der Waals surface area contributed by atoms with Gasteiger partial charge in [0, 0.05) is 5.39 Å². The topological polar surface area (TPSA) is 51.8 Å². The lowest BCUT2D eigenvalue weighted by atomic mass is 10.1. The molecular weight excluding hydrogens is 218 g/mol. The van der Waals surface area contributed by atoms with Gasteiger partial charge in [0.15, 0.2) is 0 Å². The van der Waals surface area contributed by atoms with Gasteiger partial charge >= 0.3 is 0 Å². The quantitative estimate of drug-likeness (QED) is 0.798. The summed E-state index contributed by atoms with van der Waals surface area (Å²) < 4.78 is 0. The molecule has 4 heteroatoms. The predicted octanol–water partition coefficient (Wildman–Crippen LogP) is 2.55. The van der Waals surface area contributed by atoms with Crippen LogP contribution in [0.25, 0.3) is 17.0 Å². The van der Waals surface area contributed by atoms with Crippen molar-refractivity contribution in [3.8, 4) is 0 Å². The molecule has 1 aromatic carbocycles. The lowest BCUT2D eigenvalue weighted by Crippen LogP contribution is -1.93. The van der Waals surface area contributed by atoms with Gasteiger partial charge in [-0.1, -0.05) is 18.2 Å². The number of hydrogen-bond donors (Lipinski definition) is 2. The van der Waals surface area contributed by atoms with Crippen LogP contribution in [0.4, 0.5) is 5.82 Å². The van der Waals surface area contributed by atoms with Crippen molar-refractivity contribution in [3.63, 3.8) is 0 Å². The number of anilines is 1. The van der Waals surface area contributed by atoms with Gasteiger partial charge in [-0.25, -0.2) is 9.97 Å². The molecule has 0 unspecified atom stereocenters. The maximum Gasteiger partial charge on any atom is 0.134 e. The second-order valence-corrected chi connectivity index (χ2v) is 3.90. The van der Waals surface area contributed by atoms with E-state index in [0.29, 0.717) is 5.82 Å². The number of nitrogens with two attached hydrogens (primary N) is 1. The number of benzene rings is 1. The van der Waals surface area contributed by atoms with E-state index in [1.165, 1.54) is 6.33 Å². The summed E-state index contributed by atoms with van der Waals surface area (Å²) in [4.78, 5) is 8.13. The number of nitrogens with zero attached hydrogens (tertiary/aromatic N) is 2. The van der Waals surface area contributed by atoms with E-state index in [0.717, 1.165) is 28.6 Å². The Kier molecular flexibility index (Phi) is 3.41. The van der Waals surface area contributed by atoms with E-state index >= 15 is 0 Å². The van der Waals surface area contributed by atoms with Crippen LogP contribution in [-0.4, -0.2) is 15.7 Å². The van der Waals surface area contributed by atoms with E-state index in [1.54, 1.807) is 0 Å². The second-order valence-electron chi connectivity index (χ2n) is 3.45. The molecule has 0 aliphatic rings. The first-order chi connectivity index (χ1) is 7.81. The van der Waals surface area contributed by atoms with E-state index < -0.39 is 0 Å². The van der Waals surface area contributed by atoms with Gasteiger partial charge in [-0.3, -0.25) is 0 Å². The summed E-state index contributed by atoms with van der Waals surface area (Å²) in [6, 6.07) is 5.97. The largest absolute Gasteiger partial charge is 0.383 e. The maximum atomic E-state index is 5.79. The van der Waals surface area contributed by atoms with Gasteiger partial charge in [0.25, 0.3) is 0 Å². The molecule has 0 bridgehead atoms. The van der Waals surface area contributed by atoms with Crippen LogP contribution in [0.2, 0.25) is 0 Å². The molecule has 82 valence electrons. The molecule has 0 spiro atoms. The van der Waals surface area contributed by atoms with E-state index in [1.807, 2.05) is 18.2 Å². The minimum atomic E-state index is 0.523. The molecule has 0 radical (unpaired) electrons. The highest BCUT2D eigenvalue weighted by atomic mass is 32.1. The van der Waals surface area contributed by atoms with Gasteiger partial charge in [-0.15, -0.1) is 0 Å². The summed E-state index contributed by atoms with van der Waals surface area (Å²) in [5.41, 5.74) is 7.77. The summed E-state index contributed by atoms with van der Waals surface area (Å²) in [5, 5.41) is 0.899. The first-order valence-electron chi connectivity index (χ1n) is 5.09. The van der Waals surface area contributed by atoms with Crippen molar-refractivity contribution in [2.45, 2.75) is 6.42 Å². The fourth-order valence-corrected chi connectivity index (χ4v) is 1.64. The lowest BCUT2D eigenvalue weighted by Gasteiger charge is -2.01. The third kappa shape index (κ3) is 2.33. The average molecular weight is 231 g/mol. The van der Waals surface area contributed by atoms with Gasteiger partial charge in [0.2, 0.25) is 0 Å². The smallest absolute Gasteiger partial charge is 0.134 e. The molecule has 0 atom stereocenters. The third-order valence-electron chi connectivity index (χ3n) is 2.30. The number of rotatable bonds is 3. The van der Waals surface area contributed by atoms with Crippen LogP contribution in [0.5, 0.6) is 0 Å². The third-order valence-corrected chi connectivity index (χ3v) is 2.55. The van der Waals surface area contributed by atoms with Gasteiger partial charge in [0.05, 0.1) is 5.52 Å². The van der Waals surface area contributed by atoms with Crippen molar-refractivity contribution in [1.82, 2.24) is 9.97 Å². The van der Waals surface area contributed by atoms with Crippen LogP contribution < -0.4 is 5.73 Å². The fourth-order valence-electron chi connectivity index (χ4n) is 1.49. The second kappa shape index (κ2) is 4.99. The number of fused-ring (bicyclic) bond motifs is 1.